The third-order valence-corrected chi connectivity index (χ3v) is 3.84. The highest BCUT2D eigenvalue weighted by Gasteiger charge is 1.92. The summed E-state index contributed by atoms with van der Waals surface area (Å²) in [6, 6.07) is 0. The fourth-order valence-electron chi connectivity index (χ4n) is 2.49. The van der Waals surface area contributed by atoms with Crippen LogP contribution in [0.2, 0.25) is 0 Å². The molecule has 0 aromatic rings. The molecule has 0 aliphatic carbocycles. The predicted molar refractivity (Wildman–Crippen MR) is 94.7 cm³/mol. The Labute approximate surface area is 132 Å². The second kappa shape index (κ2) is 19.1. The largest absolute Gasteiger partial charge is 0.303 e. The normalized spacial score (nSPS) is 11.7. The summed E-state index contributed by atoms with van der Waals surface area (Å²) in [5.74, 6) is 0. The summed E-state index contributed by atoms with van der Waals surface area (Å²) in [5, 5.41) is 0. The van der Waals surface area contributed by atoms with Crippen LogP contribution in [-0.2, 0) is 4.79 Å². The van der Waals surface area contributed by atoms with E-state index in [9.17, 15) is 4.79 Å². The molecular formula is C20H36O. The van der Waals surface area contributed by atoms with Crippen molar-refractivity contribution in [3.63, 3.8) is 0 Å². The number of rotatable bonds is 16. The van der Waals surface area contributed by atoms with Gasteiger partial charge in [0.15, 0.2) is 0 Å². The maximum Gasteiger partial charge on any atom is 0.123 e. The molecule has 0 N–H and O–H groups in total. The van der Waals surface area contributed by atoms with Gasteiger partial charge in [-0.25, -0.2) is 0 Å². The molecule has 1 nitrogen and oxygen atoms in total. The monoisotopic (exact) mass is 292 g/mol. The number of aldehydes is 1. The lowest BCUT2D eigenvalue weighted by atomic mass is 10.0. The summed E-state index contributed by atoms with van der Waals surface area (Å²) in [6.07, 6.45) is 27.6. The highest BCUT2D eigenvalue weighted by Crippen LogP contribution is 2.12. The zero-order valence-corrected chi connectivity index (χ0v) is 14.2. The average molecular weight is 293 g/mol. The van der Waals surface area contributed by atoms with Gasteiger partial charge in [0.25, 0.3) is 0 Å². The third-order valence-electron chi connectivity index (χ3n) is 3.84. The second-order valence-electron chi connectivity index (χ2n) is 5.94. The topological polar surface area (TPSA) is 17.1 Å². The summed E-state index contributed by atoms with van der Waals surface area (Å²) in [6.45, 7) is 2.28. The van der Waals surface area contributed by atoms with Crippen molar-refractivity contribution in [3.05, 3.63) is 24.3 Å². The minimum absolute atomic E-state index is 0.531. The maximum absolute atomic E-state index is 10.1. The van der Waals surface area contributed by atoms with E-state index in [1.54, 1.807) is 0 Å². The minimum Gasteiger partial charge on any atom is -0.303 e. The van der Waals surface area contributed by atoms with Gasteiger partial charge < -0.3 is 4.79 Å². The molecule has 0 spiro atoms. The molecular weight excluding hydrogens is 256 g/mol. The molecule has 0 amide bonds. The first-order chi connectivity index (χ1) is 10.4. The van der Waals surface area contributed by atoms with Crippen molar-refractivity contribution in [1.29, 1.82) is 0 Å². The van der Waals surface area contributed by atoms with Crippen molar-refractivity contribution in [2.45, 2.75) is 96.8 Å². The second-order valence-corrected chi connectivity index (χ2v) is 5.94. The Balaban J connectivity index is 3.07. The first-order valence-corrected chi connectivity index (χ1v) is 9.17. The van der Waals surface area contributed by atoms with Crippen molar-refractivity contribution in [3.8, 4) is 0 Å². The van der Waals surface area contributed by atoms with Gasteiger partial charge in [0.05, 0.1) is 0 Å². The van der Waals surface area contributed by atoms with Crippen LogP contribution in [0, 0.1) is 0 Å². The van der Waals surface area contributed by atoms with Crippen molar-refractivity contribution in [2.75, 3.05) is 0 Å². The number of carbonyl (C=O) groups excluding carboxylic acids is 1. The summed E-state index contributed by atoms with van der Waals surface area (Å²) < 4.78 is 0. The summed E-state index contributed by atoms with van der Waals surface area (Å²) in [7, 11) is 0. The van der Waals surface area contributed by atoms with Gasteiger partial charge in [0.2, 0.25) is 0 Å². The van der Waals surface area contributed by atoms with Crippen LogP contribution in [0.3, 0.4) is 0 Å². The number of carbonyl (C=O) groups is 1. The van der Waals surface area contributed by atoms with E-state index in [1.165, 1.54) is 83.5 Å². The smallest absolute Gasteiger partial charge is 0.123 e. The molecule has 0 saturated carbocycles. The van der Waals surface area contributed by atoms with E-state index in [4.69, 9.17) is 0 Å². The number of hydrogen-bond donors (Lipinski definition) is 0. The van der Waals surface area contributed by atoms with Crippen LogP contribution in [0.5, 0.6) is 0 Å². The van der Waals surface area contributed by atoms with E-state index in [2.05, 4.69) is 19.1 Å². The number of hydrogen-bond acceptors (Lipinski definition) is 1. The molecule has 0 aliphatic heterocycles. The molecule has 0 rings (SSSR count). The van der Waals surface area contributed by atoms with Crippen LogP contribution in [0.25, 0.3) is 0 Å². The summed E-state index contributed by atoms with van der Waals surface area (Å²) in [4.78, 5) is 10.1. The zero-order valence-electron chi connectivity index (χ0n) is 14.2. The molecule has 0 unspecified atom stereocenters. The van der Waals surface area contributed by atoms with E-state index in [0.717, 1.165) is 6.29 Å². The molecule has 122 valence electrons. The minimum atomic E-state index is 0.531. The first kappa shape index (κ1) is 20.1. The van der Waals surface area contributed by atoms with E-state index < -0.39 is 0 Å². The molecule has 0 saturated heterocycles. The van der Waals surface area contributed by atoms with Crippen molar-refractivity contribution >= 4 is 6.29 Å². The lowest BCUT2D eigenvalue weighted by molar-refractivity contribution is -0.107. The molecule has 0 aliphatic rings. The van der Waals surface area contributed by atoms with Crippen LogP contribution < -0.4 is 0 Å². The van der Waals surface area contributed by atoms with Crippen LogP contribution in [0.1, 0.15) is 96.8 Å². The van der Waals surface area contributed by atoms with E-state index >= 15 is 0 Å². The van der Waals surface area contributed by atoms with Crippen LogP contribution in [0.15, 0.2) is 24.3 Å². The Kier molecular flexibility index (Phi) is 18.4. The van der Waals surface area contributed by atoms with Crippen LogP contribution in [-0.4, -0.2) is 6.29 Å². The van der Waals surface area contributed by atoms with Gasteiger partial charge in [-0.05, 0) is 12.8 Å². The number of allylic oxidation sites excluding steroid dienone is 4. The van der Waals surface area contributed by atoms with E-state index in [1.807, 2.05) is 12.2 Å². The highest BCUT2D eigenvalue weighted by molar-refractivity contribution is 5.52. The predicted octanol–water partition coefficient (Wildman–Crippen LogP) is 6.78. The highest BCUT2D eigenvalue weighted by atomic mass is 16.1. The van der Waals surface area contributed by atoms with Crippen molar-refractivity contribution in [1.82, 2.24) is 0 Å². The third kappa shape index (κ3) is 19.1. The first-order valence-electron chi connectivity index (χ1n) is 9.17. The van der Waals surface area contributed by atoms with Gasteiger partial charge >= 0.3 is 0 Å². The number of unbranched alkanes of at least 4 members (excludes halogenated alkanes) is 12. The Hall–Kier alpha value is -0.850. The maximum atomic E-state index is 10.1. The molecule has 1 heteroatoms. The molecule has 0 aromatic carbocycles. The van der Waals surface area contributed by atoms with E-state index in [-0.39, 0.29) is 0 Å². The Bertz CT molecular complexity index is 253. The lowest BCUT2D eigenvalue weighted by Gasteiger charge is -2.02. The van der Waals surface area contributed by atoms with Gasteiger partial charge in [-0.1, -0.05) is 102 Å². The van der Waals surface area contributed by atoms with Crippen LogP contribution in [0.4, 0.5) is 0 Å². The average Bonchev–Trinajstić information content (AvgIpc) is 2.50. The quantitative estimate of drug-likeness (QED) is 0.174. The summed E-state index contributed by atoms with van der Waals surface area (Å²) in [5.41, 5.74) is 0. The molecule has 0 heterocycles. The molecule has 21 heavy (non-hydrogen) atoms. The lowest BCUT2D eigenvalue weighted by Crippen LogP contribution is -1.82. The van der Waals surface area contributed by atoms with Crippen LogP contribution >= 0.6 is 0 Å². The van der Waals surface area contributed by atoms with Crippen molar-refractivity contribution in [2.24, 2.45) is 0 Å². The van der Waals surface area contributed by atoms with Gasteiger partial charge in [-0.15, -0.1) is 0 Å². The Morgan fingerprint density at radius 1 is 0.619 bits per heavy atom. The zero-order chi connectivity index (χ0) is 15.4. The molecule has 0 atom stereocenters. The molecule has 0 radical (unpaired) electrons. The van der Waals surface area contributed by atoms with Crippen molar-refractivity contribution < 1.29 is 4.79 Å². The fourth-order valence-corrected chi connectivity index (χ4v) is 2.49. The van der Waals surface area contributed by atoms with Gasteiger partial charge in [0.1, 0.15) is 6.29 Å². The standard InChI is InChI=1S/C20H36O/c1-2-3-4-5-6-7-8-9-10-11-12-13-14-15-16-17-18-19-20-21/h15-18,20H,2-14,19H2,1H3. The Morgan fingerprint density at radius 2 is 1.10 bits per heavy atom. The molecule has 0 bridgehead atoms. The Morgan fingerprint density at radius 3 is 1.62 bits per heavy atom. The van der Waals surface area contributed by atoms with E-state index in [0.29, 0.717) is 6.42 Å². The fraction of sp³-hybridized carbons (Fsp3) is 0.750. The van der Waals surface area contributed by atoms with Gasteiger partial charge in [-0.2, -0.15) is 0 Å². The molecule has 0 fully saturated rings. The SMILES string of the molecule is CCCCCCCCCCCCCCC=CC=CCC=O. The molecule has 0 aromatic heterocycles. The summed E-state index contributed by atoms with van der Waals surface area (Å²) >= 11 is 0. The van der Waals surface area contributed by atoms with Gasteiger partial charge in [-0.3, -0.25) is 0 Å². The van der Waals surface area contributed by atoms with Gasteiger partial charge in [0, 0.05) is 6.42 Å².